The fraction of sp³-hybridized carbons (Fsp3) is 0.125. The average Bonchev–Trinajstić information content (AvgIpc) is 3.02. The first-order chi connectivity index (χ1) is 22.1. The van der Waals surface area contributed by atoms with E-state index in [2.05, 4.69) is 21.3 Å². The fourth-order valence-corrected chi connectivity index (χ4v) is 4.82. The minimum atomic E-state index is -4.26. The number of rotatable bonds is 11. The molecule has 0 aliphatic heterocycles. The number of hydrogen-bond acceptors (Lipinski definition) is 9. The van der Waals surface area contributed by atoms with E-state index in [0.717, 1.165) is 0 Å². The summed E-state index contributed by atoms with van der Waals surface area (Å²) in [6.45, 7) is 3.90. The Morgan fingerprint density at radius 2 is 0.978 bits per heavy atom. The SMILES string of the molecule is CCOC(=O)c1ccc(NC(=O)Nc2ccc(S(=O)(=O)Oc3cccc(NC(=O)Nc4ccc(C(=O)OCC)cc4)c3)cc2)cc1. The predicted molar refractivity (Wildman–Crippen MR) is 171 cm³/mol. The minimum absolute atomic E-state index is 0.0489. The summed E-state index contributed by atoms with van der Waals surface area (Å²) in [7, 11) is -4.26. The summed E-state index contributed by atoms with van der Waals surface area (Å²) < 4.78 is 40.9. The van der Waals surface area contributed by atoms with Gasteiger partial charge in [0.25, 0.3) is 0 Å². The second kappa shape index (κ2) is 15.2. The lowest BCUT2D eigenvalue weighted by Gasteiger charge is -2.11. The van der Waals surface area contributed by atoms with Gasteiger partial charge in [0.1, 0.15) is 10.6 Å². The van der Waals surface area contributed by atoms with Gasteiger partial charge in [-0.1, -0.05) is 6.07 Å². The third-order valence-electron chi connectivity index (χ3n) is 6.01. The largest absolute Gasteiger partial charge is 0.462 e. The summed E-state index contributed by atoms with van der Waals surface area (Å²) in [6.07, 6.45) is 0. The van der Waals surface area contributed by atoms with Crippen LogP contribution in [0.5, 0.6) is 5.75 Å². The smallest absolute Gasteiger partial charge is 0.339 e. The van der Waals surface area contributed by atoms with E-state index in [9.17, 15) is 27.6 Å². The van der Waals surface area contributed by atoms with Crippen molar-refractivity contribution in [1.29, 1.82) is 0 Å². The lowest BCUT2D eigenvalue weighted by Crippen LogP contribution is -2.19. The number of carbonyl (C=O) groups is 4. The fourth-order valence-electron chi connectivity index (χ4n) is 3.90. The van der Waals surface area contributed by atoms with Gasteiger partial charge in [0.05, 0.1) is 24.3 Å². The van der Waals surface area contributed by atoms with Gasteiger partial charge in [-0.05, 0) is 98.8 Å². The molecule has 0 bridgehead atoms. The maximum Gasteiger partial charge on any atom is 0.339 e. The van der Waals surface area contributed by atoms with Crippen molar-refractivity contribution in [2.75, 3.05) is 34.5 Å². The van der Waals surface area contributed by atoms with E-state index in [1.807, 2.05) is 0 Å². The average molecular weight is 647 g/mol. The molecular weight excluding hydrogens is 616 g/mol. The number of ether oxygens (including phenoxy) is 2. The van der Waals surface area contributed by atoms with Crippen molar-refractivity contribution < 1.29 is 41.3 Å². The first-order valence-corrected chi connectivity index (χ1v) is 15.3. The van der Waals surface area contributed by atoms with E-state index in [0.29, 0.717) is 28.2 Å². The zero-order valence-corrected chi connectivity index (χ0v) is 25.6. The molecule has 0 spiro atoms. The van der Waals surface area contributed by atoms with Crippen molar-refractivity contribution in [3.05, 3.63) is 108 Å². The Morgan fingerprint density at radius 1 is 0.565 bits per heavy atom. The molecule has 0 radical (unpaired) electrons. The van der Waals surface area contributed by atoms with Crippen LogP contribution in [0.3, 0.4) is 0 Å². The van der Waals surface area contributed by atoms with Gasteiger partial charge >= 0.3 is 34.1 Å². The maximum absolute atomic E-state index is 12.9. The predicted octanol–water partition coefficient (Wildman–Crippen LogP) is 6.10. The van der Waals surface area contributed by atoms with Crippen LogP contribution in [0.4, 0.5) is 32.3 Å². The zero-order valence-electron chi connectivity index (χ0n) is 24.7. The van der Waals surface area contributed by atoms with Crippen molar-refractivity contribution in [2.45, 2.75) is 18.7 Å². The molecule has 46 heavy (non-hydrogen) atoms. The third kappa shape index (κ3) is 9.30. The van der Waals surface area contributed by atoms with Crippen LogP contribution < -0.4 is 25.5 Å². The molecule has 0 heterocycles. The summed E-state index contributed by atoms with van der Waals surface area (Å²) in [6, 6.07) is 22.1. The second-order valence-electron chi connectivity index (χ2n) is 9.34. The van der Waals surface area contributed by atoms with Crippen LogP contribution in [-0.2, 0) is 19.6 Å². The number of esters is 2. The molecule has 0 aliphatic rings. The molecule has 4 aromatic carbocycles. The molecule has 0 aliphatic carbocycles. The number of amides is 4. The van der Waals surface area contributed by atoms with Gasteiger partial charge < -0.3 is 34.9 Å². The second-order valence-corrected chi connectivity index (χ2v) is 10.9. The lowest BCUT2D eigenvalue weighted by molar-refractivity contribution is 0.0517. The number of benzene rings is 4. The Morgan fingerprint density at radius 3 is 1.41 bits per heavy atom. The number of anilines is 4. The maximum atomic E-state index is 12.9. The standard InChI is InChI=1S/C32H30N4O9S/c1-3-43-29(37)21-8-12-23(13-9-21)33-31(39)35-25-16-18-28(19-17-25)46(41,42)45-27-7-5-6-26(20-27)36-32(40)34-24-14-10-22(11-15-24)30(38)44-4-2/h5-20H,3-4H2,1-2H3,(H2,33,35,39)(H2,34,36,40). The lowest BCUT2D eigenvalue weighted by atomic mass is 10.2. The number of hydrogen-bond donors (Lipinski definition) is 4. The Hall–Kier alpha value is -5.89. The molecule has 0 saturated heterocycles. The van der Waals surface area contributed by atoms with Crippen molar-refractivity contribution in [1.82, 2.24) is 0 Å². The topological polar surface area (TPSA) is 178 Å². The Labute approximate surface area is 265 Å². The molecule has 0 fully saturated rings. The summed E-state index contributed by atoms with van der Waals surface area (Å²) in [5.41, 5.74) is 2.10. The van der Waals surface area contributed by atoms with Gasteiger partial charge in [-0.2, -0.15) is 8.42 Å². The van der Waals surface area contributed by atoms with Crippen LogP contribution in [-0.4, -0.2) is 45.6 Å². The molecular formula is C32H30N4O9S. The third-order valence-corrected chi connectivity index (χ3v) is 7.27. The molecule has 13 nitrogen and oxygen atoms in total. The quantitative estimate of drug-likeness (QED) is 0.111. The van der Waals surface area contributed by atoms with E-state index in [4.69, 9.17) is 13.7 Å². The summed E-state index contributed by atoms with van der Waals surface area (Å²) in [4.78, 5) is 48.2. The van der Waals surface area contributed by atoms with Gasteiger partial charge in [-0.25, -0.2) is 19.2 Å². The number of carbonyl (C=O) groups excluding carboxylic acids is 4. The van der Waals surface area contributed by atoms with Gasteiger partial charge in [0.2, 0.25) is 0 Å². The Balaban J connectivity index is 1.31. The van der Waals surface area contributed by atoms with Crippen LogP contribution in [0.2, 0.25) is 0 Å². The highest BCUT2D eigenvalue weighted by molar-refractivity contribution is 7.87. The van der Waals surface area contributed by atoms with Crippen LogP contribution in [0.15, 0.2) is 102 Å². The van der Waals surface area contributed by atoms with Crippen molar-refractivity contribution in [2.24, 2.45) is 0 Å². The zero-order chi connectivity index (χ0) is 33.1. The first-order valence-electron chi connectivity index (χ1n) is 13.9. The number of nitrogens with one attached hydrogen (secondary N) is 4. The van der Waals surface area contributed by atoms with Crippen LogP contribution in [0.1, 0.15) is 34.6 Å². The number of urea groups is 2. The van der Waals surface area contributed by atoms with E-state index >= 15 is 0 Å². The molecule has 0 atom stereocenters. The highest BCUT2D eigenvalue weighted by atomic mass is 32.2. The van der Waals surface area contributed by atoms with Crippen LogP contribution in [0, 0.1) is 0 Å². The summed E-state index contributed by atoms with van der Waals surface area (Å²) in [5, 5.41) is 10.4. The van der Waals surface area contributed by atoms with E-state index in [-0.39, 0.29) is 29.5 Å². The monoisotopic (exact) mass is 646 g/mol. The molecule has 0 unspecified atom stereocenters. The molecule has 4 N–H and O–H groups in total. The van der Waals surface area contributed by atoms with Gasteiger partial charge in [0.15, 0.2) is 0 Å². The minimum Gasteiger partial charge on any atom is -0.462 e. The Kier molecular flexibility index (Phi) is 10.9. The van der Waals surface area contributed by atoms with Crippen molar-refractivity contribution in [3.8, 4) is 5.75 Å². The van der Waals surface area contributed by atoms with Gasteiger partial charge in [-0.3, -0.25) is 0 Å². The first kappa shape index (κ1) is 33.0. The summed E-state index contributed by atoms with van der Waals surface area (Å²) >= 11 is 0. The van der Waals surface area contributed by atoms with Crippen molar-refractivity contribution >= 4 is 56.9 Å². The van der Waals surface area contributed by atoms with Gasteiger partial charge in [-0.15, -0.1) is 0 Å². The van der Waals surface area contributed by atoms with E-state index in [1.54, 1.807) is 44.2 Å². The van der Waals surface area contributed by atoms with E-state index in [1.165, 1.54) is 66.7 Å². The summed E-state index contributed by atoms with van der Waals surface area (Å²) in [5.74, 6) is -0.993. The molecule has 4 aromatic rings. The molecule has 14 heteroatoms. The van der Waals surface area contributed by atoms with Crippen molar-refractivity contribution in [3.63, 3.8) is 0 Å². The molecule has 4 amide bonds. The Bertz CT molecular complexity index is 1810. The van der Waals surface area contributed by atoms with Crippen LogP contribution >= 0.6 is 0 Å². The molecule has 238 valence electrons. The molecule has 0 aromatic heterocycles. The van der Waals surface area contributed by atoms with Crippen LogP contribution in [0.25, 0.3) is 0 Å². The normalized spacial score (nSPS) is 10.7. The highest BCUT2D eigenvalue weighted by Gasteiger charge is 2.18. The van der Waals surface area contributed by atoms with E-state index < -0.39 is 34.1 Å². The van der Waals surface area contributed by atoms with Gasteiger partial charge in [0, 0.05) is 28.8 Å². The molecule has 0 saturated carbocycles. The molecule has 4 rings (SSSR count). The highest BCUT2D eigenvalue weighted by Crippen LogP contribution is 2.24.